The van der Waals surface area contributed by atoms with Crippen molar-refractivity contribution in [1.29, 1.82) is 0 Å². The van der Waals surface area contributed by atoms with Crippen LogP contribution in [0.3, 0.4) is 0 Å². The van der Waals surface area contributed by atoms with Crippen molar-refractivity contribution in [1.82, 2.24) is 15.1 Å². The predicted octanol–water partition coefficient (Wildman–Crippen LogP) is -1.04. The highest BCUT2D eigenvalue weighted by atomic mass is 16.5. The van der Waals surface area contributed by atoms with E-state index in [9.17, 15) is 9.59 Å². The summed E-state index contributed by atoms with van der Waals surface area (Å²) >= 11 is 0. The lowest BCUT2D eigenvalue weighted by atomic mass is 10.2. The molecule has 7 nitrogen and oxygen atoms in total. The Morgan fingerprint density at radius 1 is 1.61 bits per heavy atom. The molecule has 98 valence electrons. The Kier molecular flexibility index (Phi) is 3.73. The van der Waals surface area contributed by atoms with E-state index in [0.717, 1.165) is 0 Å². The van der Waals surface area contributed by atoms with E-state index in [0.29, 0.717) is 19.6 Å². The molecule has 1 aromatic rings. The van der Waals surface area contributed by atoms with E-state index in [-0.39, 0.29) is 29.4 Å². The summed E-state index contributed by atoms with van der Waals surface area (Å²) in [5, 5.41) is 5.98. The van der Waals surface area contributed by atoms with E-state index in [4.69, 9.17) is 10.5 Å². The molecule has 0 radical (unpaired) electrons. The topological polar surface area (TPSA) is 101 Å². The van der Waals surface area contributed by atoms with Crippen LogP contribution >= 0.6 is 0 Å². The first-order valence-corrected chi connectivity index (χ1v) is 5.80. The van der Waals surface area contributed by atoms with Gasteiger partial charge in [0.25, 0.3) is 11.5 Å². The van der Waals surface area contributed by atoms with Gasteiger partial charge in [0.1, 0.15) is 5.69 Å². The first kappa shape index (κ1) is 12.7. The molecule has 2 heterocycles. The Balaban J connectivity index is 2.12. The van der Waals surface area contributed by atoms with Gasteiger partial charge in [0.15, 0.2) is 0 Å². The van der Waals surface area contributed by atoms with E-state index in [2.05, 4.69) is 10.2 Å². The van der Waals surface area contributed by atoms with Crippen molar-refractivity contribution in [2.45, 2.75) is 19.1 Å². The molecule has 1 saturated heterocycles. The molecule has 0 bridgehead atoms. The third-order valence-electron chi connectivity index (χ3n) is 2.77. The van der Waals surface area contributed by atoms with Crippen molar-refractivity contribution in [2.75, 3.05) is 19.6 Å². The van der Waals surface area contributed by atoms with E-state index in [1.54, 1.807) is 4.90 Å². The average molecular weight is 252 g/mol. The minimum atomic E-state index is -0.332. The lowest BCUT2D eigenvalue weighted by Gasteiger charge is -2.36. The van der Waals surface area contributed by atoms with Gasteiger partial charge in [-0.25, -0.2) is 5.10 Å². The number of carbonyl (C=O) groups excluding carboxylic acids is 1. The second-order valence-corrected chi connectivity index (χ2v) is 4.32. The summed E-state index contributed by atoms with van der Waals surface area (Å²) in [6.45, 7) is 3.20. The molecule has 1 aromatic heterocycles. The number of amides is 1. The maximum Gasteiger partial charge on any atom is 0.274 e. The SMILES string of the molecule is CC1CN(C(=O)c2ccc(=O)[nH]n2)CC(CN)O1. The monoisotopic (exact) mass is 252 g/mol. The molecule has 2 atom stereocenters. The van der Waals surface area contributed by atoms with Gasteiger partial charge >= 0.3 is 0 Å². The van der Waals surface area contributed by atoms with Gasteiger partial charge in [-0.1, -0.05) is 0 Å². The van der Waals surface area contributed by atoms with Gasteiger partial charge < -0.3 is 15.4 Å². The molecule has 3 N–H and O–H groups in total. The Morgan fingerprint density at radius 2 is 2.39 bits per heavy atom. The van der Waals surface area contributed by atoms with Crippen molar-refractivity contribution in [2.24, 2.45) is 5.73 Å². The Hall–Kier alpha value is -1.73. The largest absolute Gasteiger partial charge is 0.370 e. The van der Waals surface area contributed by atoms with Gasteiger partial charge in [-0.05, 0) is 13.0 Å². The number of hydrogen-bond donors (Lipinski definition) is 2. The molecule has 2 unspecified atom stereocenters. The highest BCUT2D eigenvalue weighted by molar-refractivity contribution is 5.92. The quantitative estimate of drug-likeness (QED) is 0.700. The fourth-order valence-electron chi connectivity index (χ4n) is 1.97. The summed E-state index contributed by atoms with van der Waals surface area (Å²) in [6, 6.07) is 2.70. The second kappa shape index (κ2) is 5.28. The van der Waals surface area contributed by atoms with Crippen molar-refractivity contribution >= 4 is 5.91 Å². The first-order chi connectivity index (χ1) is 8.60. The van der Waals surface area contributed by atoms with E-state index < -0.39 is 0 Å². The van der Waals surface area contributed by atoms with Crippen LogP contribution < -0.4 is 11.3 Å². The number of nitrogens with two attached hydrogens (primary N) is 1. The number of nitrogens with one attached hydrogen (secondary N) is 1. The van der Waals surface area contributed by atoms with Crippen LogP contribution in [0, 0.1) is 0 Å². The minimum absolute atomic E-state index is 0.0565. The van der Waals surface area contributed by atoms with Gasteiger partial charge in [-0.3, -0.25) is 9.59 Å². The molecule has 0 saturated carbocycles. The number of aromatic nitrogens is 2. The third kappa shape index (κ3) is 2.74. The highest BCUT2D eigenvalue weighted by Crippen LogP contribution is 2.12. The number of nitrogens with zero attached hydrogens (tertiary/aromatic N) is 2. The Labute approximate surface area is 104 Å². The zero-order valence-electron chi connectivity index (χ0n) is 10.1. The predicted molar refractivity (Wildman–Crippen MR) is 64.2 cm³/mol. The first-order valence-electron chi connectivity index (χ1n) is 5.80. The van der Waals surface area contributed by atoms with Crippen LogP contribution in [0.2, 0.25) is 0 Å². The summed E-state index contributed by atoms with van der Waals surface area (Å²) in [5.74, 6) is -0.222. The fraction of sp³-hybridized carbons (Fsp3) is 0.545. The molecule has 1 amide bonds. The number of rotatable bonds is 2. The maximum atomic E-state index is 12.2. The molecule has 1 aliphatic rings. The summed E-state index contributed by atoms with van der Waals surface area (Å²) in [6.07, 6.45) is -0.209. The number of aromatic amines is 1. The van der Waals surface area contributed by atoms with Gasteiger partial charge in [0.2, 0.25) is 0 Å². The third-order valence-corrected chi connectivity index (χ3v) is 2.77. The van der Waals surface area contributed by atoms with Crippen molar-refractivity contribution in [3.63, 3.8) is 0 Å². The molecule has 1 aliphatic heterocycles. The number of hydrogen-bond acceptors (Lipinski definition) is 5. The van der Waals surface area contributed by atoms with Crippen LogP contribution in [0.5, 0.6) is 0 Å². The van der Waals surface area contributed by atoms with Crippen LogP contribution in [0.4, 0.5) is 0 Å². The van der Waals surface area contributed by atoms with Crippen LogP contribution in [-0.4, -0.2) is 52.8 Å². The van der Waals surface area contributed by atoms with Crippen LogP contribution in [0.1, 0.15) is 17.4 Å². The van der Waals surface area contributed by atoms with Crippen LogP contribution in [0.25, 0.3) is 0 Å². The summed E-state index contributed by atoms with van der Waals surface area (Å²) in [7, 11) is 0. The van der Waals surface area contributed by atoms with Gasteiger partial charge in [0, 0.05) is 25.7 Å². The zero-order chi connectivity index (χ0) is 13.1. The molecule has 18 heavy (non-hydrogen) atoms. The number of ether oxygens (including phenoxy) is 1. The van der Waals surface area contributed by atoms with E-state index in [1.807, 2.05) is 6.92 Å². The van der Waals surface area contributed by atoms with Gasteiger partial charge in [-0.15, -0.1) is 0 Å². The maximum absolute atomic E-state index is 12.2. The van der Waals surface area contributed by atoms with Crippen molar-refractivity contribution in [3.05, 3.63) is 28.2 Å². The normalized spacial score (nSPS) is 24.0. The lowest BCUT2D eigenvalue weighted by Crippen LogP contribution is -2.51. The Morgan fingerprint density at radius 3 is 3.00 bits per heavy atom. The second-order valence-electron chi connectivity index (χ2n) is 4.32. The van der Waals surface area contributed by atoms with Crippen molar-refractivity contribution < 1.29 is 9.53 Å². The van der Waals surface area contributed by atoms with Crippen LogP contribution in [0.15, 0.2) is 16.9 Å². The molecular weight excluding hydrogens is 236 g/mol. The number of morpholine rings is 1. The Bertz CT molecular complexity index is 467. The van der Waals surface area contributed by atoms with Gasteiger partial charge in [-0.2, -0.15) is 5.10 Å². The minimum Gasteiger partial charge on any atom is -0.370 e. The molecule has 7 heteroatoms. The average Bonchev–Trinajstić information content (AvgIpc) is 2.38. The molecule has 2 rings (SSSR count). The zero-order valence-corrected chi connectivity index (χ0v) is 10.1. The molecular formula is C11H16N4O3. The number of carbonyl (C=O) groups is 1. The van der Waals surface area contributed by atoms with Gasteiger partial charge in [0.05, 0.1) is 12.2 Å². The van der Waals surface area contributed by atoms with E-state index >= 15 is 0 Å². The molecule has 0 aromatic carbocycles. The smallest absolute Gasteiger partial charge is 0.274 e. The van der Waals surface area contributed by atoms with E-state index in [1.165, 1.54) is 12.1 Å². The van der Waals surface area contributed by atoms with Crippen molar-refractivity contribution in [3.8, 4) is 0 Å². The molecule has 1 fully saturated rings. The standard InChI is InChI=1S/C11H16N4O3/c1-7-5-15(6-8(4-12)18-7)11(17)9-2-3-10(16)14-13-9/h2-3,7-8H,4-6,12H2,1H3,(H,14,16). The molecule has 0 aliphatic carbocycles. The lowest BCUT2D eigenvalue weighted by molar-refractivity contribution is -0.0627. The summed E-state index contributed by atoms with van der Waals surface area (Å²) in [4.78, 5) is 24.7. The summed E-state index contributed by atoms with van der Waals surface area (Å²) in [5.41, 5.74) is 5.45. The summed E-state index contributed by atoms with van der Waals surface area (Å²) < 4.78 is 5.57. The molecule has 0 spiro atoms. The fourth-order valence-corrected chi connectivity index (χ4v) is 1.97. The highest BCUT2D eigenvalue weighted by Gasteiger charge is 2.28. The number of H-pyrrole nitrogens is 1. The van der Waals surface area contributed by atoms with Crippen LogP contribution in [-0.2, 0) is 4.74 Å².